The predicted octanol–water partition coefficient (Wildman–Crippen LogP) is 3.26. The van der Waals surface area contributed by atoms with Crippen molar-refractivity contribution < 1.29 is 48.8 Å². The van der Waals surface area contributed by atoms with Crippen LogP contribution in [0.25, 0.3) is 0 Å². The third kappa shape index (κ3) is 5.08. The third-order valence-corrected chi connectivity index (χ3v) is 5.52. The van der Waals surface area contributed by atoms with Crippen LogP contribution in [0.3, 0.4) is 0 Å². The van der Waals surface area contributed by atoms with Crippen molar-refractivity contribution in [1.82, 2.24) is 9.88 Å². The van der Waals surface area contributed by atoms with Gasteiger partial charge in [0, 0.05) is 13.0 Å². The molecule has 1 amide bonds. The van der Waals surface area contributed by atoms with Crippen molar-refractivity contribution in [3.63, 3.8) is 0 Å². The first-order valence-corrected chi connectivity index (χ1v) is 10.2. The summed E-state index contributed by atoms with van der Waals surface area (Å²) >= 11 is 0. The molecule has 1 unspecified atom stereocenters. The molecule has 2 aliphatic rings. The number of halogens is 4. The molecule has 2 aliphatic heterocycles. The van der Waals surface area contributed by atoms with Crippen molar-refractivity contribution in [3.05, 3.63) is 53.5 Å². The zero-order valence-electron chi connectivity index (χ0n) is 19.9. The van der Waals surface area contributed by atoms with Gasteiger partial charge in [-0.3, -0.25) is 9.53 Å². The summed E-state index contributed by atoms with van der Waals surface area (Å²) in [5.74, 6) is -1.14. The van der Waals surface area contributed by atoms with Crippen LogP contribution in [0.1, 0.15) is 25.2 Å². The molecule has 34 heavy (non-hydrogen) atoms. The Hall–Kier alpha value is -2.96. The van der Waals surface area contributed by atoms with Crippen LogP contribution >= 0.6 is 0 Å². The number of hydrogen-bond donors (Lipinski definition) is 0. The average Bonchev–Trinajstić information content (AvgIpc) is 3.11. The van der Waals surface area contributed by atoms with Crippen LogP contribution < -0.4 is 9.47 Å². The van der Waals surface area contributed by atoms with Gasteiger partial charge >= 0.3 is 6.36 Å². The van der Waals surface area contributed by atoms with Crippen molar-refractivity contribution in [1.29, 1.82) is 0 Å². The number of methoxy groups -OCH3 is 1. The molecule has 1 aromatic carbocycles. The van der Waals surface area contributed by atoms with E-state index in [9.17, 15) is 22.4 Å². The van der Waals surface area contributed by atoms with Gasteiger partial charge in [0.05, 0.1) is 23.0 Å². The monoisotopic (exact) mass is 488 g/mol. The summed E-state index contributed by atoms with van der Waals surface area (Å²) in [6, 6.07) is 8.27. The number of nitrogens with zero attached hydrogens (tertiary/aromatic N) is 2. The van der Waals surface area contributed by atoms with Crippen molar-refractivity contribution >= 4 is 5.91 Å². The minimum Gasteiger partial charge on any atom is -0.486 e. The molecule has 4 rings (SSSR count). The quantitative estimate of drug-likeness (QED) is 0.437. The van der Waals surface area contributed by atoms with Gasteiger partial charge in [-0.2, -0.15) is 0 Å². The highest BCUT2D eigenvalue weighted by Gasteiger charge is 2.51. The molecule has 0 aliphatic carbocycles. The van der Waals surface area contributed by atoms with E-state index in [1.54, 1.807) is 6.07 Å². The fourth-order valence-corrected chi connectivity index (χ4v) is 3.91. The summed E-state index contributed by atoms with van der Waals surface area (Å²) in [7, 11) is 1.26. The Bertz CT molecular complexity index is 1120. The van der Waals surface area contributed by atoms with Gasteiger partial charge in [0.25, 0.3) is 11.8 Å². The maximum absolute atomic E-state index is 13.9. The van der Waals surface area contributed by atoms with Gasteiger partial charge in [0.1, 0.15) is 36.6 Å². The van der Waals surface area contributed by atoms with E-state index in [-0.39, 0.29) is 36.8 Å². The van der Waals surface area contributed by atoms with Crippen molar-refractivity contribution in [2.24, 2.45) is 0 Å². The minimum absolute atomic E-state index is 0.0179. The third-order valence-electron chi connectivity index (χ3n) is 5.52. The standard InChI is InChI=1S/C22H22F4N2O6/c1-30-19-17(31-9-10-33-22(24,25)26)6-5-16(27-19)20(29)28-8-7-21(18(12-28)32-13-34-21)14-3-2-4-15(23)11-14/h2-6,11,18H,7-10,12-13H2,1H3/t18?,21-/m1/s1/i13D2. The van der Waals surface area contributed by atoms with E-state index >= 15 is 0 Å². The Morgan fingerprint density at radius 2 is 2.15 bits per heavy atom. The van der Waals surface area contributed by atoms with Gasteiger partial charge in [-0.25, -0.2) is 9.37 Å². The molecule has 0 saturated carbocycles. The maximum atomic E-state index is 13.9. The molecule has 0 N–H and O–H groups in total. The van der Waals surface area contributed by atoms with Crippen LogP contribution in [0.5, 0.6) is 11.6 Å². The van der Waals surface area contributed by atoms with Crippen molar-refractivity contribution in [3.8, 4) is 11.6 Å². The summed E-state index contributed by atoms with van der Waals surface area (Å²) in [5.41, 5.74) is -0.924. The predicted molar refractivity (Wildman–Crippen MR) is 108 cm³/mol. The number of aromatic nitrogens is 1. The Morgan fingerprint density at radius 3 is 2.88 bits per heavy atom. The number of amides is 1. The van der Waals surface area contributed by atoms with Crippen LogP contribution in [0.4, 0.5) is 17.6 Å². The molecule has 3 heterocycles. The minimum atomic E-state index is -4.78. The van der Waals surface area contributed by atoms with E-state index in [1.165, 1.54) is 42.3 Å². The summed E-state index contributed by atoms with van der Waals surface area (Å²) in [5, 5.41) is 0. The van der Waals surface area contributed by atoms with Gasteiger partial charge in [-0.05, 0) is 29.8 Å². The van der Waals surface area contributed by atoms with E-state index in [0.717, 1.165) is 0 Å². The fourth-order valence-electron chi connectivity index (χ4n) is 3.91. The largest absolute Gasteiger partial charge is 0.522 e. The number of piperidine rings is 1. The molecule has 0 radical (unpaired) electrons. The second-order valence-electron chi connectivity index (χ2n) is 7.54. The number of hydrogen-bond acceptors (Lipinski definition) is 7. The van der Waals surface area contributed by atoms with E-state index in [4.69, 9.17) is 21.7 Å². The molecular weight excluding hydrogens is 464 g/mol. The number of carbonyl (C=O) groups is 1. The lowest BCUT2D eigenvalue weighted by Crippen LogP contribution is -2.53. The molecule has 1 aromatic heterocycles. The molecule has 2 aromatic rings. The lowest BCUT2D eigenvalue weighted by Gasteiger charge is -2.41. The molecule has 0 spiro atoms. The molecule has 2 saturated heterocycles. The van der Waals surface area contributed by atoms with Gasteiger partial charge in [-0.15, -0.1) is 13.2 Å². The fraction of sp³-hybridized carbons (Fsp3) is 0.455. The topological polar surface area (TPSA) is 79.4 Å². The molecular formula is C22H22F4N2O6. The average molecular weight is 488 g/mol. The maximum Gasteiger partial charge on any atom is 0.522 e. The van der Waals surface area contributed by atoms with Gasteiger partial charge in [0.2, 0.25) is 0 Å². The zero-order chi connectivity index (χ0) is 26.1. The summed E-state index contributed by atoms with van der Waals surface area (Å²) in [6.07, 6.45) is -5.58. The number of ether oxygens (including phenoxy) is 5. The Kier molecular flexibility index (Phi) is 6.17. The molecule has 2 atom stereocenters. The normalized spacial score (nSPS) is 24.7. The first-order valence-electron chi connectivity index (χ1n) is 11.2. The summed E-state index contributed by atoms with van der Waals surface area (Å²) < 4.78 is 91.1. The van der Waals surface area contributed by atoms with Gasteiger partial charge < -0.3 is 23.8 Å². The molecule has 184 valence electrons. The molecule has 8 nitrogen and oxygen atoms in total. The van der Waals surface area contributed by atoms with Crippen molar-refractivity contribution in [2.45, 2.75) is 24.5 Å². The van der Waals surface area contributed by atoms with E-state index in [0.29, 0.717) is 5.56 Å². The second-order valence-corrected chi connectivity index (χ2v) is 7.54. The van der Waals surface area contributed by atoms with E-state index in [1.807, 2.05) is 0 Å². The highest BCUT2D eigenvalue weighted by Crippen LogP contribution is 2.43. The van der Waals surface area contributed by atoms with Crippen LogP contribution in [-0.4, -0.2) is 68.4 Å². The van der Waals surface area contributed by atoms with Crippen LogP contribution in [-0.2, 0) is 19.8 Å². The number of carbonyl (C=O) groups excluding carboxylic acids is 1. The highest BCUT2D eigenvalue weighted by molar-refractivity contribution is 5.92. The van der Waals surface area contributed by atoms with Gasteiger partial charge in [0.15, 0.2) is 5.75 Å². The molecule has 0 bridgehead atoms. The van der Waals surface area contributed by atoms with E-state index < -0.39 is 49.8 Å². The highest BCUT2D eigenvalue weighted by atomic mass is 19.4. The Labute approximate surface area is 195 Å². The first kappa shape index (κ1) is 21.6. The molecule has 2 fully saturated rings. The number of fused-ring (bicyclic) bond motifs is 1. The Morgan fingerprint density at radius 1 is 1.32 bits per heavy atom. The van der Waals surface area contributed by atoms with Crippen molar-refractivity contribution in [2.75, 3.05) is 40.2 Å². The molecule has 12 heteroatoms. The van der Waals surface area contributed by atoms with Crippen LogP contribution in [0.15, 0.2) is 36.4 Å². The number of benzene rings is 1. The number of alkyl halides is 3. The number of likely N-dealkylation sites (tertiary alicyclic amines) is 1. The number of pyridine rings is 1. The zero-order valence-corrected chi connectivity index (χ0v) is 17.9. The summed E-state index contributed by atoms with van der Waals surface area (Å²) in [6.45, 7) is -3.55. The Balaban J connectivity index is 1.48. The first-order chi connectivity index (χ1) is 16.9. The lowest BCUT2D eigenvalue weighted by molar-refractivity contribution is -0.325. The number of rotatable bonds is 7. The SMILES string of the molecule is [2H]C1([2H])OC2CN(C(=O)c3ccc(OCCOC(F)(F)F)c(OC)n3)CC[C@]2(c2cccc(F)c2)O1. The van der Waals surface area contributed by atoms with Gasteiger partial charge in [-0.1, -0.05) is 12.1 Å². The lowest BCUT2D eigenvalue weighted by atomic mass is 9.82. The van der Waals surface area contributed by atoms with Crippen LogP contribution in [0, 0.1) is 5.82 Å². The summed E-state index contributed by atoms with van der Waals surface area (Å²) in [4.78, 5) is 18.7. The van der Waals surface area contributed by atoms with Crippen LogP contribution in [0.2, 0.25) is 0 Å². The van der Waals surface area contributed by atoms with E-state index in [2.05, 4.69) is 9.72 Å². The smallest absolute Gasteiger partial charge is 0.486 e. The second kappa shape index (κ2) is 9.72.